The second kappa shape index (κ2) is 3.86. The van der Waals surface area contributed by atoms with Crippen molar-refractivity contribution in [1.29, 1.82) is 5.26 Å². The van der Waals surface area contributed by atoms with Crippen LogP contribution in [0.15, 0.2) is 22.9 Å². The predicted molar refractivity (Wildman–Crippen MR) is 48.2 cm³/mol. The van der Waals surface area contributed by atoms with Crippen LogP contribution in [0.5, 0.6) is 0 Å². The van der Waals surface area contributed by atoms with Crippen molar-refractivity contribution in [1.82, 2.24) is 15.1 Å². The molecule has 0 saturated heterocycles. The highest BCUT2D eigenvalue weighted by Crippen LogP contribution is 2.14. The monoisotopic (exact) mass is 202 g/mol. The van der Waals surface area contributed by atoms with Crippen molar-refractivity contribution in [3.05, 3.63) is 29.7 Å². The van der Waals surface area contributed by atoms with Crippen molar-refractivity contribution in [3.8, 4) is 17.7 Å². The Morgan fingerprint density at radius 3 is 2.87 bits per heavy atom. The maximum atomic E-state index is 8.73. The summed E-state index contributed by atoms with van der Waals surface area (Å²) in [4.78, 5) is 7.85. The molecule has 2 rings (SSSR count). The standard InChI is InChI=1S/C9H6N4O2/c10-3-6-1-2-7(11-4-6)9-12-8(5-14)13-15-9/h1-2,4,14H,5H2. The number of aromatic nitrogens is 3. The first-order valence-electron chi connectivity index (χ1n) is 4.13. The lowest BCUT2D eigenvalue weighted by atomic mass is 10.3. The van der Waals surface area contributed by atoms with Crippen LogP contribution in [-0.4, -0.2) is 20.2 Å². The third-order valence-corrected chi connectivity index (χ3v) is 1.72. The van der Waals surface area contributed by atoms with E-state index in [1.165, 1.54) is 6.20 Å². The lowest BCUT2D eigenvalue weighted by Gasteiger charge is -1.91. The fourth-order valence-electron chi connectivity index (χ4n) is 1.01. The van der Waals surface area contributed by atoms with E-state index in [0.717, 1.165) is 0 Å². The molecule has 0 aliphatic carbocycles. The molecule has 15 heavy (non-hydrogen) atoms. The summed E-state index contributed by atoms with van der Waals surface area (Å²) in [6.45, 7) is -0.278. The molecule has 74 valence electrons. The lowest BCUT2D eigenvalue weighted by molar-refractivity contribution is 0.264. The van der Waals surface area contributed by atoms with Gasteiger partial charge >= 0.3 is 0 Å². The Labute approximate surface area is 84.8 Å². The largest absolute Gasteiger partial charge is 0.388 e. The second-order valence-electron chi connectivity index (χ2n) is 2.72. The van der Waals surface area contributed by atoms with Crippen molar-refractivity contribution < 1.29 is 9.63 Å². The SMILES string of the molecule is N#Cc1ccc(-c2nc(CO)no2)nc1. The molecule has 0 saturated carbocycles. The van der Waals surface area contributed by atoms with E-state index in [1.807, 2.05) is 6.07 Å². The molecule has 0 spiro atoms. The molecule has 0 aliphatic rings. The number of rotatable bonds is 2. The third-order valence-electron chi connectivity index (χ3n) is 1.72. The van der Waals surface area contributed by atoms with Crippen molar-refractivity contribution >= 4 is 0 Å². The van der Waals surface area contributed by atoms with Gasteiger partial charge in [-0.2, -0.15) is 10.2 Å². The summed E-state index contributed by atoms with van der Waals surface area (Å²) < 4.78 is 4.85. The van der Waals surface area contributed by atoms with Gasteiger partial charge in [0.05, 0.1) is 5.56 Å². The first kappa shape index (κ1) is 9.30. The number of pyridine rings is 1. The number of hydrogen-bond acceptors (Lipinski definition) is 6. The molecule has 0 radical (unpaired) electrons. The number of nitriles is 1. The molecular weight excluding hydrogens is 196 g/mol. The topological polar surface area (TPSA) is 95.8 Å². The van der Waals surface area contributed by atoms with Gasteiger partial charge in [-0.1, -0.05) is 5.16 Å². The minimum absolute atomic E-state index is 0.205. The van der Waals surface area contributed by atoms with Crippen LogP contribution in [-0.2, 0) is 6.61 Å². The van der Waals surface area contributed by atoms with Crippen LogP contribution in [0.25, 0.3) is 11.6 Å². The van der Waals surface area contributed by atoms with Crippen molar-refractivity contribution in [2.24, 2.45) is 0 Å². The van der Waals surface area contributed by atoms with Gasteiger partial charge in [0.2, 0.25) is 0 Å². The van der Waals surface area contributed by atoms with Crippen LogP contribution in [0.1, 0.15) is 11.4 Å². The zero-order valence-corrected chi connectivity index (χ0v) is 7.58. The Morgan fingerprint density at radius 1 is 1.47 bits per heavy atom. The molecule has 0 aliphatic heterocycles. The minimum atomic E-state index is -0.278. The molecule has 0 unspecified atom stereocenters. The Balaban J connectivity index is 2.33. The van der Waals surface area contributed by atoms with Gasteiger partial charge in [0.15, 0.2) is 5.82 Å². The molecule has 1 N–H and O–H groups in total. The predicted octanol–water partition coefficient (Wildman–Crippen LogP) is 0.496. The molecule has 0 fully saturated rings. The highest BCUT2D eigenvalue weighted by molar-refractivity contribution is 5.47. The average molecular weight is 202 g/mol. The molecule has 6 heteroatoms. The fourth-order valence-corrected chi connectivity index (χ4v) is 1.01. The molecule has 2 heterocycles. The highest BCUT2D eigenvalue weighted by atomic mass is 16.5. The van der Waals surface area contributed by atoms with Crippen LogP contribution in [0, 0.1) is 11.3 Å². The van der Waals surface area contributed by atoms with Gasteiger partial charge in [0.25, 0.3) is 5.89 Å². The summed E-state index contributed by atoms with van der Waals surface area (Å²) in [7, 11) is 0. The number of hydrogen-bond donors (Lipinski definition) is 1. The van der Waals surface area contributed by atoms with Crippen LogP contribution < -0.4 is 0 Å². The maximum absolute atomic E-state index is 8.73. The van der Waals surface area contributed by atoms with Gasteiger partial charge in [-0.05, 0) is 12.1 Å². The van der Waals surface area contributed by atoms with Gasteiger partial charge in [-0.3, -0.25) is 0 Å². The van der Waals surface area contributed by atoms with E-state index in [-0.39, 0.29) is 18.3 Å². The van der Waals surface area contributed by atoms with Crippen LogP contribution >= 0.6 is 0 Å². The minimum Gasteiger partial charge on any atom is -0.388 e. The van der Waals surface area contributed by atoms with E-state index in [0.29, 0.717) is 11.3 Å². The number of aliphatic hydroxyl groups is 1. The van der Waals surface area contributed by atoms with E-state index >= 15 is 0 Å². The molecule has 0 aromatic carbocycles. The van der Waals surface area contributed by atoms with Crippen molar-refractivity contribution in [2.45, 2.75) is 6.61 Å². The smallest absolute Gasteiger partial charge is 0.276 e. The van der Waals surface area contributed by atoms with E-state index in [4.69, 9.17) is 14.9 Å². The van der Waals surface area contributed by atoms with Crippen LogP contribution in [0.2, 0.25) is 0 Å². The van der Waals surface area contributed by atoms with Crippen molar-refractivity contribution in [3.63, 3.8) is 0 Å². The fraction of sp³-hybridized carbons (Fsp3) is 0.111. The van der Waals surface area contributed by atoms with Gasteiger partial charge in [0.1, 0.15) is 18.4 Å². The zero-order chi connectivity index (χ0) is 10.7. The molecular formula is C9H6N4O2. The Hall–Kier alpha value is -2.26. The maximum Gasteiger partial charge on any atom is 0.276 e. The van der Waals surface area contributed by atoms with E-state index in [1.54, 1.807) is 12.1 Å². The van der Waals surface area contributed by atoms with Gasteiger partial charge in [-0.15, -0.1) is 0 Å². The Morgan fingerprint density at radius 2 is 2.33 bits per heavy atom. The summed E-state index contributed by atoms with van der Waals surface area (Å²) >= 11 is 0. The molecule has 6 nitrogen and oxygen atoms in total. The molecule has 0 amide bonds. The molecule has 0 atom stereocenters. The van der Waals surface area contributed by atoms with E-state index in [9.17, 15) is 0 Å². The van der Waals surface area contributed by atoms with Crippen molar-refractivity contribution in [2.75, 3.05) is 0 Å². The first-order valence-corrected chi connectivity index (χ1v) is 4.13. The number of aliphatic hydroxyl groups excluding tert-OH is 1. The highest BCUT2D eigenvalue weighted by Gasteiger charge is 2.08. The summed E-state index contributed by atoms with van der Waals surface area (Å²) in [5.41, 5.74) is 0.932. The first-order chi connectivity index (χ1) is 7.33. The van der Waals surface area contributed by atoms with Gasteiger partial charge < -0.3 is 9.63 Å². The van der Waals surface area contributed by atoms with Crippen LogP contribution in [0.3, 0.4) is 0 Å². The quantitative estimate of drug-likeness (QED) is 0.761. The Bertz CT molecular complexity index is 498. The van der Waals surface area contributed by atoms with Gasteiger partial charge in [-0.25, -0.2) is 4.98 Å². The second-order valence-corrected chi connectivity index (χ2v) is 2.72. The summed E-state index contributed by atoms with van der Waals surface area (Å²) in [6, 6.07) is 5.16. The zero-order valence-electron chi connectivity index (χ0n) is 7.58. The Kier molecular flexibility index (Phi) is 2.39. The van der Waals surface area contributed by atoms with Gasteiger partial charge in [0, 0.05) is 6.20 Å². The summed E-state index contributed by atoms with van der Waals surface area (Å²) in [5.74, 6) is 0.430. The number of nitrogens with zero attached hydrogens (tertiary/aromatic N) is 4. The van der Waals surface area contributed by atoms with Crippen LogP contribution in [0.4, 0.5) is 0 Å². The third kappa shape index (κ3) is 1.82. The normalized spacial score (nSPS) is 9.87. The molecule has 2 aromatic heterocycles. The van der Waals surface area contributed by atoms with E-state index in [2.05, 4.69) is 15.1 Å². The summed E-state index contributed by atoms with van der Waals surface area (Å²) in [6.07, 6.45) is 1.41. The molecule has 0 bridgehead atoms. The lowest BCUT2D eigenvalue weighted by Crippen LogP contribution is -1.87. The molecule has 2 aromatic rings. The average Bonchev–Trinajstić information content (AvgIpc) is 2.78. The summed E-state index contributed by atoms with van der Waals surface area (Å²) in [5, 5.41) is 20.8. The van der Waals surface area contributed by atoms with E-state index < -0.39 is 0 Å².